The third-order valence-electron chi connectivity index (χ3n) is 5.73. The van der Waals surface area contributed by atoms with Crippen LogP contribution < -0.4 is 15.6 Å². The summed E-state index contributed by atoms with van der Waals surface area (Å²) >= 11 is 0. The molecule has 0 N–H and O–H groups in total. The Bertz CT molecular complexity index is 741. The van der Waals surface area contributed by atoms with Crippen LogP contribution in [0.2, 0.25) is 5.54 Å². The normalized spacial score (nSPS) is 15.5. The van der Waals surface area contributed by atoms with Crippen LogP contribution in [0.3, 0.4) is 0 Å². The molecule has 0 spiro atoms. The average molecular weight is 372 g/mol. The molecule has 1 fully saturated rings. The minimum atomic E-state index is -1.26. The van der Waals surface area contributed by atoms with E-state index in [0.717, 1.165) is 5.54 Å². The lowest BCUT2D eigenvalue weighted by molar-refractivity contribution is 0.500. The first-order valence-corrected chi connectivity index (χ1v) is 14.5. The summed E-state index contributed by atoms with van der Waals surface area (Å²) < 4.78 is 0. The molecule has 131 valence electrons. The van der Waals surface area contributed by atoms with E-state index in [0.29, 0.717) is 0 Å². The summed E-state index contributed by atoms with van der Waals surface area (Å²) in [4.78, 5) is 0. The molecule has 1 saturated carbocycles. The van der Waals surface area contributed by atoms with E-state index in [1.807, 2.05) is 0 Å². The first-order valence-electron chi connectivity index (χ1n) is 9.95. The molecule has 0 nitrogen and oxygen atoms in total. The van der Waals surface area contributed by atoms with E-state index in [1.54, 1.807) is 15.6 Å². The van der Waals surface area contributed by atoms with E-state index in [2.05, 4.69) is 91.0 Å². The topological polar surface area (TPSA) is 0 Å². The van der Waals surface area contributed by atoms with Gasteiger partial charge in [-0.3, -0.25) is 0 Å². The second kappa shape index (κ2) is 8.65. The fraction of sp³-hybridized carbons (Fsp3) is 0.250. The maximum Gasteiger partial charge on any atom is 0.0995 e. The molecule has 4 rings (SSSR count). The van der Waals surface area contributed by atoms with Crippen molar-refractivity contribution in [2.45, 2.75) is 37.6 Å². The van der Waals surface area contributed by atoms with Gasteiger partial charge in [-0.05, 0) is 5.54 Å². The van der Waals surface area contributed by atoms with Crippen LogP contribution in [0.25, 0.3) is 0 Å². The van der Waals surface area contributed by atoms with Gasteiger partial charge >= 0.3 is 0 Å². The Kier molecular flexibility index (Phi) is 5.83. The molecule has 0 saturated heterocycles. The van der Waals surface area contributed by atoms with Gasteiger partial charge in [0.05, 0.1) is 16.6 Å². The molecule has 0 aromatic heterocycles. The van der Waals surface area contributed by atoms with E-state index in [9.17, 15) is 0 Å². The molecule has 0 unspecified atom stereocenters. The van der Waals surface area contributed by atoms with Crippen molar-refractivity contribution in [2.24, 2.45) is 0 Å². The lowest BCUT2D eigenvalue weighted by Gasteiger charge is -2.35. The molecular formula is C24H27Si2. The minimum absolute atomic E-state index is 0.627. The lowest BCUT2D eigenvalue weighted by Crippen LogP contribution is -2.62. The van der Waals surface area contributed by atoms with Gasteiger partial charge in [-0.15, -0.1) is 0 Å². The zero-order valence-corrected chi connectivity index (χ0v) is 17.5. The van der Waals surface area contributed by atoms with Gasteiger partial charge in [0.15, 0.2) is 0 Å². The molecule has 1 radical (unpaired) electrons. The minimum Gasteiger partial charge on any atom is -0.0636 e. The first kappa shape index (κ1) is 17.5. The summed E-state index contributed by atoms with van der Waals surface area (Å²) in [5.41, 5.74) is 0.924. The lowest BCUT2D eigenvalue weighted by atomic mass is 10.0. The van der Waals surface area contributed by atoms with Gasteiger partial charge in [-0.2, -0.15) is 0 Å². The van der Waals surface area contributed by atoms with Gasteiger partial charge in [0, 0.05) is 0 Å². The highest BCUT2D eigenvalue weighted by Crippen LogP contribution is 2.32. The summed E-state index contributed by atoms with van der Waals surface area (Å²) in [7, 11) is -1.89. The second-order valence-corrected chi connectivity index (χ2v) is 15.5. The van der Waals surface area contributed by atoms with Crippen LogP contribution in [-0.2, 0) is 0 Å². The van der Waals surface area contributed by atoms with Crippen molar-refractivity contribution in [3.63, 3.8) is 0 Å². The van der Waals surface area contributed by atoms with Crippen LogP contribution in [0.15, 0.2) is 91.0 Å². The van der Waals surface area contributed by atoms with Gasteiger partial charge in [0.25, 0.3) is 0 Å². The Balaban J connectivity index is 1.83. The van der Waals surface area contributed by atoms with Gasteiger partial charge in [-0.25, -0.2) is 0 Å². The smallest absolute Gasteiger partial charge is 0.0636 e. The van der Waals surface area contributed by atoms with Gasteiger partial charge in [0.2, 0.25) is 0 Å². The standard InChI is InChI=1S/C24H27Si2/c1-5-13-21(14-6-1)25(22-15-7-2-8-16-22)26(23-17-9-3-10-18-23)24-19-11-4-12-20-24/h1-3,5-10,13-18,24-25H,4,11-12,19-20H2. The van der Waals surface area contributed by atoms with Crippen LogP contribution in [0.4, 0.5) is 0 Å². The average Bonchev–Trinajstić information content (AvgIpc) is 2.74. The van der Waals surface area contributed by atoms with E-state index in [4.69, 9.17) is 0 Å². The fourth-order valence-electron chi connectivity index (χ4n) is 4.52. The molecule has 0 heterocycles. The molecule has 3 aromatic rings. The zero-order valence-electron chi connectivity index (χ0n) is 15.4. The summed E-state index contributed by atoms with van der Waals surface area (Å²) in [6.45, 7) is 0. The van der Waals surface area contributed by atoms with E-state index < -0.39 is 16.6 Å². The summed E-state index contributed by atoms with van der Waals surface area (Å²) in [5, 5.41) is 4.91. The first-order chi connectivity index (χ1) is 12.9. The highest BCUT2D eigenvalue weighted by molar-refractivity contribution is 7.38. The number of rotatable bonds is 5. The Hall–Kier alpha value is -1.91. The molecule has 0 amide bonds. The number of hydrogen-bond donors (Lipinski definition) is 0. The molecule has 0 aliphatic heterocycles. The third kappa shape index (κ3) is 3.92. The predicted octanol–water partition coefficient (Wildman–Crippen LogP) is 3.84. The van der Waals surface area contributed by atoms with Crippen molar-refractivity contribution >= 4 is 32.2 Å². The Morgan fingerprint density at radius 1 is 0.577 bits per heavy atom. The molecule has 3 aromatic carbocycles. The highest BCUT2D eigenvalue weighted by Gasteiger charge is 2.36. The Morgan fingerprint density at radius 3 is 1.54 bits per heavy atom. The highest BCUT2D eigenvalue weighted by atomic mass is 29.2. The predicted molar refractivity (Wildman–Crippen MR) is 118 cm³/mol. The van der Waals surface area contributed by atoms with Gasteiger partial charge in [-0.1, -0.05) is 139 Å². The summed E-state index contributed by atoms with van der Waals surface area (Å²) in [6, 6.07) is 34.4. The van der Waals surface area contributed by atoms with Crippen molar-refractivity contribution in [1.82, 2.24) is 0 Å². The van der Waals surface area contributed by atoms with Crippen LogP contribution in [0.5, 0.6) is 0 Å². The van der Waals surface area contributed by atoms with E-state index in [1.165, 1.54) is 32.1 Å². The van der Waals surface area contributed by atoms with Crippen molar-refractivity contribution in [3.05, 3.63) is 91.0 Å². The largest absolute Gasteiger partial charge is 0.0995 e. The van der Waals surface area contributed by atoms with E-state index >= 15 is 0 Å². The maximum absolute atomic E-state index is 2.43. The van der Waals surface area contributed by atoms with Crippen molar-refractivity contribution < 1.29 is 0 Å². The van der Waals surface area contributed by atoms with Crippen LogP contribution >= 0.6 is 0 Å². The SMILES string of the molecule is c1ccc([Si](C2CCCCC2)[SiH](c2ccccc2)c2ccccc2)cc1. The van der Waals surface area contributed by atoms with Crippen molar-refractivity contribution in [3.8, 4) is 0 Å². The monoisotopic (exact) mass is 371 g/mol. The molecule has 0 atom stereocenters. The molecule has 26 heavy (non-hydrogen) atoms. The quantitative estimate of drug-likeness (QED) is 0.598. The fourth-order valence-corrected chi connectivity index (χ4v) is 17.0. The number of benzene rings is 3. The van der Waals surface area contributed by atoms with E-state index in [-0.39, 0.29) is 0 Å². The van der Waals surface area contributed by atoms with Crippen molar-refractivity contribution in [2.75, 3.05) is 0 Å². The van der Waals surface area contributed by atoms with Gasteiger partial charge < -0.3 is 0 Å². The number of hydrogen-bond acceptors (Lipinski definition) is 0. The van der Waals surface area contributed by atoms with Gasteiger partial charge in [0.1, 0.15) is 0 Å². The summed E-state index contributed by atoms with van der Waals surface area (Å²) in [5.74, 6) is 0. The molecule has 2 heteroatoms. The molecular weight excluding hydrogens is 344 g/mol. The van der Waals surface area contributed by atoms with Crippen LogP contribution in [0, 0.1) is 0 Å². The zero-order chi connectivity index (χ0) is 17.6. The van der Waals surface area contributed by atoms with Crippen LogP contribution in [0.1, 0.15) is 32.1 Å². The Morgan fingerprint density at radius 2 is 1.04 bits per heavy atom. The Labute approximate surface area is 160 Å². The summed E-state index contributed by atoms with van der Waals surface area (Å²) in [6.07, 6.45) is 7.16. The van der Waals surface area contributed by atoms with Crippen LogP contribution in [-0.4, -0.2) is 16.6 Å². The second-order valence-electron chi connectivity index (χ2n) is 7.41. The van der Waals surface area contributed by atoms with Crippen molar-refractivity contribution in [1.29, 1.82) is 0 Å². The molecule has 1 aliphatic rings. The third-order valence-corrected chi connectivity index (χ3v) is 17.2. The molecule has 0 bridgehead atoms. The molecule has 1 aliphatic carbocycles. The maximum atomic E-state index is 2.43.